The normalized spacial score (nSPS) is 10.1. The van der Waals surface area contributed by atoms with E-state index in [0.717, 1.165) is 17.7 Å². The Kier molecular flexibility index (Phi) is 4.02. The highest BCUT2D eigenvalue weighted by Gasteiger charge is 2.03. The van der Waals surface area contributed by atoms with E-state index in [1.165, 1.54) is 0 Å². The van der Waals surface area contributed by atoms with Crippen molar-refractivity contribution < 1.29 is 4.79 Å². The molecule has 0 aliphatic heterocycles. The first-order chi connectivity index (χ1) is 8.74. The number of rotatable bonds is 4. The molecule has 0 aliphatic carbocycles. The van der Waals surface area contributed by atoms with Gasteiger partial charge in [0.2, 0.25) is 5.91 Å². The molecule has 0 spiro atoms. The summed E-state index contributed by atoms with van der Waals surface area (Å²) in [5, 5.41) is 2.73. The van der Waals surface area contributed by atoms with E-state index in [-0.39, 0.29) is 5.91 Å². The zero-order chi connectivity index (χ0) is 12.8. The van der Waals surface area contributed by atoms with Crippen LogP contribution < -0.4 is 5.32 Å². The van der Waals surface area contributed by atoms with Crippen molar-refractivity contribution in [2.24, 2.45) is 0 Å². The molecule has 4 nitrogen and oxygen atoms in total. The average Bonchev–Trinajstić information content (AvgIpc) is 2.40. The SMILES string of the molecule is Cc1cnc(NC(=O)CCc2ccccc2)cn1. The van der Waals surface area contributed by atoms with Crippen molar-refractivity contribution >= 4 is 11.7 Å². The van der Waals surface area contributed by atoms with Crippen LogP contribution in [0.25, 0.3) is 0 Å². The van der Waals surface area contributed by atoms with Gasteiger partial charge in [-0.2, -0.15) is 0 Å². The zero-order valence-electron chi connectivity index (χ0n) is 10.3. The summed E-state index contributed by atoms with van der Waals surface area (Å²) in [4.78, 5) is 19.8. The maximum Gasteiger partial charge on any atom is 0.225 e. The number of carbonyl (C=O) groups excluding carboxylic acids is 1. The molecule has 0 aliphatic rings. The maximum absolute atomic E-state index is 11.7. The molecule has 0 atom stereocenters. The highest BCUT2D eigenvalue weighted by molar-refractivity contribution is 5.89. The molecule has 4 heteroatoms. The van der Waals surface area contributed by atoms with E-state index in [9.17, 15) is 4.79 Å². The fourth-order valence-corrected chi connectivity index (χ4v) is 1.57. The predicted octanol–water partition coefficient (Wildman–Crippen LogP) is 2.36. The highest BCUT2D eigenvalue weighted by Crippen LogP contribution is 2.05. The van der Waals surface area contributed by atoms with Gasteiger partial charge in [-0.3, -0.25) is 9.78 Å². The molecule has 1 aromatic carbocycles. The van der Waals surface area contributed by atoms with Crippen molar-refractivity contribution in [1.29, 1.82) is 0 Å². The standard InChI is InChI=1S/C14H15N3O/c1-11-9-16-13(10-15-11)17-14(18)8-7-12-5-3-2-4-6-12/h2-6,9-10H,7-8H2,1H3,(H,16,17,18). The largest absolute Gasteiger partial charge is 0.309 e. The first-order valence-corrected chi connectivity index (χ1v) is 5.86. The lowest BCUT2D eigenvalue weighted by Gasteiger charge is -2.04. The summed E-state index contributed by atoms with van der Waals surface area (Å²) in [6.07, 6.45) is 4.37. The molecule has 2 aromatic rings. The van der Waals surface area contributed by atoms with Crippen LogP contribution in [0.5, 0.6) is 0 Å². The minimum absolute atomic E-state index is 0.0444. The second-order valence-corrected chi connectivity index (χ2v) is 4.08. The second kappa shape index (κ2) is 5.91. The molecule has 18 heavy (non-hydrogen) atoms. The van der Waals surface area contributed by atoms with Crippen LogP contribution in [-0.4, -0.2) is 15.9 Å². The van der Waals surface area contributed by atoms with Crippen molar-refractivity contribution in [2.75, 3.05) is 5.32 Å². The van der Waals surface area contributed by atoms with Crippen molar-refractivity contribution in [2.45, 2.75) is 19.8 Å². The van der Waals surface area contributed by atoms with E-state index in [2.05, 4.69) is 15.3 Å². The van der Waals surface area contributed by atoms with Gasteiger partial charge < -0.3 is 5.32 Å². The molecule has 1 N–H and O–H groups in total. The summed E-state index contributed by atoms with van der Waals surface area (Å²) in [5.74, 6) is 0.454. The quantitative estimate of drug-likeness (QED) is 0.894. The molecule has 0 unspecified atom stereocenters. The van der Waals surface area contributed by atoms with E-state index in [1.54, 1.807) is 12.4 Å². The fraction of sp³-hybridized carbons (Fsp3) is 0.214. The summed E-state index contributed by atoms with van der Waals surface area (Å²) >= 11 is 0. The Morgan fingerprint density at radius 1 is 1.17 bits per heavy atom. The molecule has 92 valence electrons. The summed E-state index contributed by atoms with van der Waals surface area (Å²) < 4.78 is 0. The molecule has 0 saturated carbocycles. The Labute approximate surface area is 106 Å². The number of aromatic nitrogens is 2. The fourth-order valence-electron chi connectivity index (χ4n) is 1.57. The van der Waals surface area contributed by atoms with Gasteiger partial charge in [-0.15, -0.1) is 0 Å². The second-order valence-electron chi connectivity index (χ2n) is 4.08. The molecule has 1 aromatic heterocycles. The molecule has 0 saturated heterocycles. The number of amides is 1. The van der Waals surface area contributed by atoms with Gasteiger partial charge in [0, 0.05) is 6.42 Å². The van der Waals surface area contributed by atoms with Crippen LogP contribution in [0, 0.1) is 6.92 Å². The highest BCUT2D eigenvalue weighted by atomic mass is 16.1. The molecule has 1 amide bonds. The Morgan fingerprint density at radius 2 is 1.94 bits per heavy atom. The van der Waals surface area contributed by atoms with Crippen molar-refractivity contribution in [3.05, 3.63) is 54.0 Å². The van der Waals surface area contributed by atoms with Crippen LogP contribution in [0.15, 0.2) is 42.7 Å². The number of nitrogens with one attached hydrogen (secondary N) is 1. The molecule has 0 bridgehead atoms. The van der Waals surface area contributed by atoms with Crippen LogP contribution in [0.3, 0.4) is 0 Å². The molecule has 2 rings (SSSR count). The number of carbonyl (C=O) groups is 1. The Bertz CT molecular complexity index is 508. The summed E-state index contributed by atoms with van der Waals surface area (Å²) in [6.45, 7) is 1.86. The van der Waals surface area contributed by atoms with Crippen LogP contribution in [0.1, 0.15) is 17.7 Å². The number of nitrogens with zero attached hydrogens (tertiary/aromatic N) is 2. The predicted molar refractivity (Wildman–Crippen MR) is 70.2 cm³/mol. The number of hydrogen-bond acceptors (Lipinski definition) is 3. The van der Waals surface area contributed by atoms with Crippen LogP contribution in [0.2, 0.25) is 0 Å². The average molecular weight is 241 g/mol. The Balaban J connectivity index is 1.84. The van der Waals surface area contributed by atoms with Gasteiger partial charge >= 0.3 is 0 Å². The van der Waals surface area contributed by atoms with E-state index in [1.807, 2.05) is 37.3 Å². The first kappa shape index (κ1) is 12.2. The lowest BCUT2D eigenvalue weighted by atomic mass is 10.1. The number of aryl methyl sites for hydroxylation is 2. The summed E-state index contributed by atoms with van der Waals surface area (Å²) in [7, 11) is 0. The lowest BCUT2D eigenvalue weighted by Crippen LogP contribution is -2.13. The third kappa shape index (κ3) is 3.66. The van der Waals surface area contributed by atoms with Crippen molar-refractivity contribution in [3.63, 3.8) is 0 Å². The summed E-state index contributed by atoms with van der Waals surface area (Å²) in [6, 6.07) is 9.93. The molecule has 0 fully saturated rings. The monoisotopic (exact) mass is 241 g/mol. The van der Waals surface area contributed by atoms with Gasteiger partial charge in [0.05, 0.1) is 18.1 Å². The van der Waals surface area contributed by atoms with Gasteiger partial charge in [-0.1, -0.05) is 30.3 Å². The van der Waals surface area contributed by atoms with Gasteiger partial charge in [0.1, 0.15) is 0 Å². The maximum atomic E-state index is 11.7. The van der Waals surface area contributed by atoms with E-state index >= 15 is 0 Å². The topological polar surface area (TPSA) is 54.9 Å². The van der Waals surface area contributed by atoms with Gasteiger partial charge in [0.25, 0.3) is 0 Å². The molecular weight excluding hydrogens is 226 g/mol. The molecule has 0 radical (unpaired) electrons. The van der Waals surface area contributed by atoms with Crippen LogP contribution >= 0.6 is 0 Å². The van der Waals surface area contributed by atoms with E-state index < -0.39 is 0 Å². The van der Waals surface area contributed by atoms with E-state index in [4.69, 9.17) is 0 Å². The third-order valence-corrected chi connectivity index (χ3v) is 2.53. The molecule has 1 heterocycles. The summed E-state index contributed by atoms with van der Waals surface area (Å²) in [5.41, 5.74) is 1.99. The van der Waals surface area contributed by atoms with Crippen LogP contribution in [0.4, 0.5) is 5.82 Å². The van der Waals surface area contributed by atoms with Crippen molar-refractivity contribution in [1.82, 2.24) is 9.97 Å². The Morgan fingerprint density at radius 3 is 2.61 bits per heavy atom. The third-order valence-electron chi connectivity index (χ3n) is 2.53. The lowest BCUT2D eigenvalue weighted by molar-refractivity contribution is -0.116. The van der Waals surface area contributed by atoms with Crippen LogP contribution in [-0.2, 0) is 11.2 Å². The van der Waals surface area contributed by atoms with Gasteiger partial charge in [0.15, 0.2) is 5.82 Å². The van der Waals surface area contributed by atoms with Gasteiger partial charge in [-0.05, 0) is 18.9 Å². The van der Waals surface area contributed by atoms with Gasteiger partial charge in [-0.25, -0.2) is 4.98 Å². The number of benzene rings is 1. The minimum Gasteiger partial charge on any atom is -0.309 e. The van der Waals surface area contributed by atoms with Crippen molar-refractivity contribution in [3.8, 4) is 0 Å². The minimum atomic E-state index is -0.0444. The number of anilines is 1. The van der Waals surface area contributed by atoms with E-state index in [0.29, 0.717) is 12.2 Å². The Hall–Kier alpha value is -2.23. The molecular formula is C14H15N3O. The first-order valence-electron chi connectivity index (χ1n) is 5.86. The number of hydrogen-bond donors (Lipinski definition) is 1. The smallest absolute Gasteiger partial charge is 0.225 e. The zero-order valence-corrected chi connectivity index (χ0v) is 10.3.